The third kappa shape index (κ3) is 4.69. The lowest BCUT2D eigenvalue weighted by molar-refractivity contribution is -0.145. The van der Waals surface area contributed by atoms with Crippen LogP contribution in [0.5, 0.6) is 0 Å². The molecule has 0 saturated heterocycles. The number of carboxylic acid groups (broad SMARTS) is 1. The SMILES string of the molecule is CC(C)N(CC(=O)O)C(=O)CNC(=O)c1ccc(Br)o1. The highest BCUT2D eigenvalue weighted by Crippen LogP contribution is 2.13. The first-order valence-electron chi connectivity index (χ1n) is 5.86. The Labute approximate surface area is 124 Å². The molecule has 20 heavy (non-hydrogen) atoms. The maximum absolute atomic E-state index is 11.9. The molecule has 8 heteroatoms. The minimum Gasteiger partial charge on any atom is -0.480 e. The van der Waals surface area contributed by atoms with Crippen LogP contribution in [0.15, 0.2) is 21.2 Å². The normalized spacial score (nSPS) is 10.4. The first-order valence-corrected chi connectivity index (χ1v) is 6.65. The van der Waals surface area contributed by atoms with Crippen molar-refractivity contribution in [3.05, 3.63) is 22.6 Å². The van der Waals surface area contributed by atoms with Crippen molar-refractivity contribution in [3.8, 4) is 0 Å². The average molecular weight is 347 g/mol. The summed E-state index contributed by atoms with van der Waals surface area (Å²) in [6.07, 6.45) is 0. The fourth-order valence-corrected chi connectivity index (χ4v) is 1.79. The topological polar surface area (TPSA) is 99.9 Å². The zero-order valence-electron chi connectivity index (χ0n) is 11.1. The van der Waals surface area contributed by atoms with Gasteiger partial charge in [-0.2, -0.15) is 0 Å². The highest BCUT2D eigenvalue weighted by Gasteiger charge is 2.21. The number of halogens is 1. The van der Waals surface area contributed by atoms with Crippen molar-refractivity contribution in [3.63, 3.8) is 0 Å². The zero-order chi connectivity index (χ0) is 15.3. The Balaban J connectivity index is 2.56. The van der Waals surface area contributed by atoms with Gasteiger partial charge in [0.15, 0.2) is 10.4 Å². The van der Waals surface area contributed by atoms with Gasteiger partial charge in [0.1, 0.15) is 6.54 Å². The van der Waals surface area contributed by atoms with E-state index in [0.29, 0.717) is 4.67 Å². The van der Waals surface area contributed by atoms with Crippen molar-refractivity contribution in [1.82, 2.24) is 10.2 Å². The Kier molecular flexibility index (Phi) is 5.75. The number of carbonyl (C=O) groups is 3. The van der Waals surface area contributed by atoms with E-state index >= 15 is 0 Å². The number of hydrogen-bond acceptors (Lipinski definition) is 4. The van der Waals surface area contributed by atoms with E-state index in [4.69, 9.17) is 9.52 Å². The van der Waals surface area contributed by atoms with Gasteiger partial charge in [-0.3, -0.25) is 14.4 Å². The van der Waals surface area contributed by atoms with Gasteiger partial charge in [-0.25, -0.2) is 0 Å². The van der Waals surface area contributed by atoms with Crippen LogP contribution in [0.2, 0.25) is 0 Å². The molecule has 1 aromatic heterocycles. The van der Waals surface area contributed by atoms with Crippen molar-refractivity contribution in [2.75, 3.05) is 13.1 Å². The second-order valence-electron chi connectivity index (χ2n) is 4.30. The molecule has 0 aliphatic heterocycles. The first-order chi connectivity index (χ1) is 9.31. The van der Waals surface area contributed by atoms with Gasteiger partial charge in [-0.05, 0) is 41.9 Å². The number of furan rings is 1. The quantitative estimate of drug-likeness (QED) is 0.803. The molecule has 2 N–H and O–H groups in total. The summed E-state index contributed by atoms with van der Waals surface area (Å²) in [6, 6.07) is 2.75. The highest BCUT2D eigenvalue weighted by molar-refractivity contribution is 9.10. The van der Waals surface area contributed by atoms with E-state index in [2.05, 4.69) is 21.2 Å². The molecule has 0 aromatic carbocycles. The third-order valence-corrected chi connectivity index (χ3v) is 2.87. The number of carboxylic acids is 1. The summed E-state index contributed by atoms with van der Waals surface area (Å²) in [4.78, 5) is 35.4. The van der Waals surface area contributed by atoms with E-state index in [1.165, 1.54) is 11.0 Å². The lowest BCUT2D eigenvalue weighted by Gasteiger charge is -2.24. The Morgan fingerprint density at radius 2 is 2.05 bits per heavy atom. The highest BCUT2D eigenvalue weighted by atomic mass is 79.9. The summed E-state index contributed by atoms with van der Waals surface area (Å²) in [5.41, 5.74) is 0. The maximum atomic E-state index is 11.9. The van der Waals surface area contributed by atoms with Crippen molar-refractivity contribution >= 4 is 33.7 Å². The molecule has 1 aromatic rings. The number of amides is 2. The molecule has 0 unspecified atom stereocenters. The molecule has 0 bridgehead atoms. The molecule has 0 atom stereocenters. The first kappa shape index (κ1) is 16.2. The van der Waals surface area contributed by atoms with E-state index < -0.39 is 24.3 Å². The molecule has 0 spiro atoms. The lowest BCUT2D eigenvalue weighted by Crippen LogP contribution is -2.45. The molecule has 0 saturated carbocycles. The minimum absolute atomic E-state index is 0.0685. The van der Waals surface area contributed by atoms with Gasteiger partial charge in [0.2, 0.25) is 5.91 Å². The van der Waals surface area contributed by atoms with Gasteiger partial charge >= 0.3 is 5.97 Å². The molecule has 1 heterocycles. The fourth-order valence-electron chi connectivity index (χ4n) is 1.49. The molecule has 2 amide bonds. The second kappa shape index (κ2) is 7.09. The van der Waals surface area contributed by atoms with Crippen molar-refractivity contribution < 1.29 is 23.9 Å². The molecule has 0 fully saturated rings. The van der Waals surface area contributed by atoms with Crippen LogP contribution in [0.25, 0.3) is 0 Å². The van der Waals surface area contributed by atoms with E-state index in [1.807, 2.05) is 0 Å². The van der Waals surface area contributed by atoms with Gasteiger partial charge in [0, 0.05) is 6.04 Å². The molecule has 1 rings (SSSR count). The summed E-state index contributed by atoms with van der Waals surface area (Å²) in [5, 5.41) is 11.1. The van der Waals surface area contributed by atoms with E-state index in [0.717, 1.165) is 0 Å². The maximum Gasteiger partial charge on any atom is 0.323 e. The summed E-state index contributed by atoms with van der Waals surface area (Å²) >= 11 is 3.06. The Bertz CT molecular complexity index is 512. The number of nitrogens with one attached hydrogen (secondary N) is 1. The lowest BCUT2D eigenvalue weighted by atomic mass is 10.3. The standard InChI is InChI=1S/C12H15BrN2O5/c1-7(2)15(6-11(17)18)10(16)5-14-12(19)8-3-4-9(13)20-8/h3-4,7H,5-6H2,1-2H3,(H,14,19)(H,17,18). The second-order valence-corrected chi connectivity index (χ2v) is 5.08. The molecule has 0 aliphatic carbocycles. The number of rotatable bonds is 6. The Morgan fingerprint density at radius 3 is 2.50 bits per heavy atom. The van der Waals surface area contributed by atoms with Crippen LogP contribution in [0.1, 0.15) is 24.4 Å². The number of carbonyl (C=O) groups excluding carboxylic acids is 2. The summed E-state index contributed by atoms with van der Waals surface area (Å²) < 4.78 is 5.44. The monoisotopic (exact) mass is 346 g/mol. The van der Waals surface area contributed by atoms with Crippen LogP contribution in [0, 0.1) is 0 Å². The van der Waals surface area contributed by atoms with Gasteiger partial charge in [0.05, 0.1) is 6.54 Å². The third-order valence-electron chi connectivity index (χ3n) is 2.45. The fraction of sp³-hybridized carbons (Fsp3) is 0.417. The smallest absolute Gasteiger partial charge is 0.323 e. The Hall–Kier alpha value is -1.83. The molecule has 7 nitrogen and oxygen atoms in total. The molecule has 110 valence electrons. The van der Waals surface area contributed by atoms with Crippen LogP contribution in [-0.4, -0.2) is 46.9 Å². The van der Waals surface area contributed by atoms with Gasteiger partial charge in [-0.15, -0.1) is 0 Å². The van der Waals surface area contributed by atoms with E-state index in [-0.39, 0.29) is 18.3 Å². The molecular weight excluding hydrogens is 332 g/mol. The summed E-state index contributed by atoms with van der Waals surface area (Å²) in [6.45, 7) is 2.71. The predicted octanol–water partition coefficient (Wildman–Crippen LogP) is 1.09. The van der Waals surface area contributed by atoms with Crippen LogP contribution < -0.4 is 5.32 Å². The Morgan fingerprint density at radius 1 is 1.40 bits per heavy atom. The van der Waals surface area contributed by atoms with Crippen molar-refractivity contribution in [2.24, 2.45) is 0 Å². The molecule has 0 radical (unpaired) electrons. The molecule has 0 aliphatic rings. The van der Waals surface area contributed by atoms with Gasteiger partial charge in [0.25, 0.3) is 5.91 Å². The zero-order valence-corrected chi connectivity index (χ0v) is 12.6. The van der Waals surface area contributed by atoms with Crippen molar-refractivity contribution in [1.29, 1.82) is 0 Å². The number of hydrogen-bond donors (Lipinski definition) is 2. The molecular formula is C12H15BrN2O5. The summed E-state index contributed by atoms with van der Waals surface area (Å²) in [7, 11) is 0. The van der Waals surface area contributed by atoms with Crippen molar-refractivity contribution in [2.45, 2.75) is 19.9 Å². The van der Waals surface area contributed by atoms with Gasteiger partial charge in [-0.1, -0.05) is 0 Å². The minimum atomic E-state index is -1.10. The van der Waals surface area contributed by atoms with Crippen LogP contribution in [0.3, 0.4) is 0 Å². The predicted molar refractivity (Wildman–Crippen MR) is 73.2 cm³/mol. The average Bonchev–Trinajstić information content (AvgIpc) is 2.78. The number of aliphatic carboxylic acids is 1. The van der Waals surface area contributed by atoms with Crippen LogP contribution in [-0.2, 0) is 9.59 Å². The van der Waals surface area contributed by atoms with E-state index in [1.54, 1.807) is 19.9 Å². The van der Waals surface area contributed by atoms with Crippen LogP contribution in [0.4, 0.5) is 0 Å². The van der Waals surface area contributed by atoms with Gasteiger partial charge < -0.3 is 19.7 Å². The van der Waals surface area contributed by atoms with Crippen LogP contribution >= 0.6 is 15.9 Å². The number of nitrogens with zero attached hydrogens (tertiary/aromatic N) is 1. The van der Waals surface area contributed by atoms with E-state index in [9.17, 15) is 14.4 Å². The summed E-state index contributed by atoms with van der Waals surface area (Å²) in [5.74, 6) is -2.04. The largest absolute Gasteiger partial charge is 0.480 e.